The molecule has 0 radical (unpaired) electrons. The predicted molar refractivity (Wildman–Crippen MR) is 141 cm³/mol. The maximum atomic E-state index is 13.2. The first-order valence-electron chi connectivity index (χ1n) is 11.8. The van der Waals surface area contributed by atoms with Crippen LogP contribution in [0.5, 0.6) is 5.75 Å². The van der Waals surface area contributed by atoms with Gasteiger partial charge in [0.25, 0.3) is 11.5 Å². The summed E-state index contributed by atoms with van der Waals surface area (Å²) in [5, 5.41) is 21.6. The highest BCUT2D eigenvalue weighted by atomic mass is 32.2. The van der Waals surface area contributed by atoms with Crippen LogP contribution in [0.25, 0.3) is 0 Å². The molecule has 1 aliphatic carbocycles. The van der Waals surface area contributed by atoms with Crippen LogP contribution < -0.4 is 10.9 Å². The molecule has 0 saturated heterocycles. The Balaban J connectivity index is 1.84. The lowest BCUT2D eigenvalue weighted by atomic mass is 9.91. The van der Waals surface area contributed by atoms with Crippen molar-refractivity contribution in [2.75, 3.05) is 13.2 Å². The molecule has 1 aromatic rings. The van der Waals surface area contributed by atoms with Gasteiger partial charge in [-0.25, -0.2) is 0 Å². The fraction of sp³-hybridized carbons (Fsp3) is 0.370. The van der Waals surface area contributed by atoms with Gasteiger partial charge in [0.2, 0.25) is 0 Å². The molecule has 192 valence electrons. The number of carbonyl (C=O) groups is 2. The molecule has 9 heteroatoms. The molecule has 0 saturated carbocycles. The summed E-state index contributed by atoms with van der Waals surface area (Å²) in [5.74, 6) is -1.34. The number of aliphatic carboxylic acids is 1. The zero-order valence-electron chi connectivity index (χ0n) is 20.7. The number of carboxylic acids is 1. The number of hydrogen-bond donors (Lipinski definition) is 3. The molecule has 1 aromatic heterocycles. The maximum absolute atomic E-state index is 13.2. The van der Waals surface area contributed by atoms with Crippen LogP contribution in [0.15, 0.2) is 64.5 Å². The van der Waals surface area contributed by atoms with Gasteiger partial charge >= 0.3 is 5.97 Å². The smallest absolute Gasteiger partial charge is 0.322 e. The molecule has 2 heterocycles. The van der Waals surface area contributed by atoms with Crippen molar-refractivity contribution in [3.05, 3.63) is 86.9 Å². The number of pyridine rings is 1. The first kappa shape index (κ1) is 27.3. The van der Waals surface area contributed by atoms with E-state index in [0.717, 1.165) is 11.1 Å². The molecule has 3 rings (SSSR count). The van der Waals surface area contributed by atoms with Crippen LogP contribution >= 0.6 is 11.8 Å². The lowest BCUT2D eigenvalue weighted by molar-refractivity contribution is -0.135. The molecule has 1 aliphatic heterocycles. The molecule has 0 bridgehead atoms. The van der Waals surface area contributed by atoms with E-state index in [1.54, 1.807) is 0 Å². The highest BCUT2D eigenvalue weighted by Gasteiger charge is 2.28. The van der Waals surface area contributed by atoms with Crippen LogP contribution in [0.4, 0.5) is 0 Å². The number of aromatic nitrogens is 1. The zero-order valence-corrected chi connectivity index (χ0v) is 21.6. The lowest BCUT2D eigenvalue weighted by Gasteiger charge is -2.23. The Morgan fingerprint density at radius 1 is 1.33 bits per heavy atom. The van der Waals surface area contributed by atoms with Gasteiger partial charge in [-0.2, -0.15) is 11.8 Å². The Labute approximate surface area is 214 Å². The highest BCUT2D eigenvalue weighted by Crippen LogP contribution is 2.36. The van der Waals surface area contributed by atoms with E-state index in [2.05, 4.69) is 31.0 Å². The van der Waals surface area contributed by atoms with E-state index < -0.39 is 29.5 Å². The van der Waals surface area contributed by atoms with E-state index in [0.29, 0.717) is 34.9 Å². The van der Waals surface area contributed by atoms with Crippen LogP contribution in [0.3, 0.4) is 0 Å². The summed E-state index contributed by atoms with van der Waals surface area (Å²) in [4.78, 5) is 36.6. The Morgan fingerprint density at radius 2 is 2.08 bits per heavy atom. The molecule has 3 N–H and O–H groups in total. The largest absolute Gasteiger partial charge is 0.507 e. The molecule has 0 fully saturated rings. The van der Waals surface area contributed by atoms with Crippen molar-refractivity contribution >= 4 is 23.6 Å². The highest BCUT2D eigenvalue weighted by molar-refractivity contribution is 7.98. The predicted octanol–water partition coefficient (Wildman–Crippen LogP) is 3.71. The molecule has 0 aromatic carbocycles. The second-order valence-electron chi connectivity index (χ2n) is 8.61. The number of fused-ring (bicyclic) bond motifs is 1. The summed E-state index contributed by atoms with van der Waals surface area (Å²) in [7, 11) is 0. The van der Waals surface area contributed by atoms with Crippen LogP contribution in [0.1, 0.15) is 42.4 Å². The number of thioether (sulfide) groups is 1. The number of rotatable bonds is 10. The van der Waals surface area contributed by atoms with E-state index >= 15 is 0 Å². The minimum atomic E-state index is -1.25. The summed E-state index contributed by atoms with van der Waals surface area (Å²) in [5.41, 5.74) is 2.75. The molecule has 2 atom stereocenters. The van der Waals surface area contributed by atoms with Crippen molar-refractivity contribution in [2.24, 2.45) is 5.92 Å². The number of carbonyl (C=O) groups excluding carboxylic acids is 1. The van der Waals surface area contributed by atoms with Crippen molar-refractivity contribution in [2.45, 2.75) is 44.9 Å². The first-order chi connectivity index (χ1) is 17.2. The second kappa shape index (κ2) is 12.1. The lowest BCUT2D eigenvalue weighted by Crippen LogP contribution is -2.37. The number of amides is 1. The van der Waals surface area contributed by atoms with E-state index in [9.17, 15) is 19.5 Å². The third-order valence-corrected chi connectivity index (χ3v) is 7.03. The minimum absolute atomic E-state index is 0.0547. The van der Waals surface area contributed by atoms with E-state index in [1.807, 2.05) is 38.2 Å². The quantitative estimate of drug-likeness (QED) is 0.409. The maximum Gasteiger partial charge on any atom is 0.322 e. The van der Waals surface area contributed by atoms with Gasteiger partial charge in [-0.3, -0.25) is 14.4 Å². The number of hydrogen-bond acceptors (Lipinski definition) is 6. The van der Waals surface area contributed by atoms with Gasteiger partial charge in [0.1, 0.15) is 17.9 Å². The molecule has 1 amide bonds. The Bertz CT molecular complexity index is 1240. The Morgan fingerprint density at radius 3 is 2.72 bits per heavy atom. The molecule has 2 unspecified atom stereocenters. The molecule has 2 aliphatic rings. The zero-order chi connectivity index (χ0) is 26.4. The average molecular weight is 513 g/mol. The fourth-order valence-electron chi connectivity index (χ4n) is 4.21. The molecule has 0 spiro atoms. The van der Waals surface area contributed by atoms with E-state index in [1.165, 1.54) is 16.3 Å². The van der Waals surface area contributed by atoms with Crippen LogP contribution in [0, 0.1) is 5.92 Å². The third kappa shape index (κ3) is 6.09. The summed E-state index contributed by atoms with van der Waals surface area (Å²) in [6.07, 6.45) is 12.1. The van der Waals surface area contributed by atoms with Crippen molar-refractivity contribution < 1.29 is 24.5 Å². The molecule has 8 nitrogen and oxygen atoms in total. The van der Waals surface area contributed by atoms with Gasteiger partial charge in [0.05, 0.1) is 12.6 Å². The summed E-state index contributed by atoms with van der Waals surface area (Å²) < 4.78 is 7.18. The summed E-state index contributed by atoms with van der Waals surface area (Å²) >= 11 is 1.52. The summed E-state index contributed by atoms with van der Waals surface area (Å²) in [6, 6.07) is 0. The molecule has 36 heavy (non-hydrogen) atoms. The van der Waals surface area contributed by atoms with E-state index in [4.69, 9.17) is 9.84 Å². The monoisotopic (exact) mass is 512 g/mol. The number of nitrogens with one attached hydrogen (secondary N) is 1. The average Bonchev–Trinajstić information content (AvgIpc) is 3.33. The van der Waals surface area contributed by atoms with Crippen molar-refractivity contribution in [1.29, 1.82) is 0 Å². The minimum Gasteiger partial charge on any atom is -0.507 e. The van der Waals surface area contributed by atoms with Crippen molar-refractivity contribution in [3.8, 4) is 5.75 Å². The van der Waals surface area contributed by atoms with Crippen LogP contribution in [-0.2, 0) is 27.6 Å². The SMILES string of the molecule is C=C(/C=C\C(=C/C)C1=CC(C)C(OCC)C=C1)Cn1c2c(c(O)c(C(=O)NCC(=O)O)c1=O)CSC2. The summed E-state index contributed by atoms with van der Waals surface area (Å²) in [6.45, 7) is 10.3. The second-order valence-corrected chi connectivity index (χ2v) is 9.59. The number of allylic oxidation sites excluding steroid dienone is 7. The first-order valence-corrected chi connectivity index (χ1v) is 12.9. The van der Waals surface area contributed by atoms with Gasteiger partial charge in [-0.1, -0.05) is 50.0 Å². The number of nitrogens with zero attached hydrogens (tertiary/aromatic N) is 1. The Kier molecular flexibility index (Phi) is 9.17. The fourth-order valence-corrected chi connectivity index (χ4v) is 5.35. The number of aromatic hydroxyl groups is 1. The molecular weight excluding hydrogens is 480 g/mol. The number of ether oxygens (including phenoxy) is 1. The van der Waals surface area contributed by atoms with Gasteiger partial charge in [-0.05, 0) is 30.6 Å². The topological polar surface area (TPSA) is 118 Å². The van der Waals surface area contributed by atoms with Gasteiger partial charge in [0, 0.05) is 35.3 Å². The third-order valence-electron chi connectivity index (χ3n) is 6.06. The number of carboxylic acid groups (broad SMARTS) is 1. The van der Waals surface area contributed by atoms with Crippen LogP contribution in [0.2, 0.25) is 0 Å². The Hall–Kier alpha value is -3.30. The standard InChI is InChI=1S/C27H32N2O6S/c1-5-18(19-9-10-22(35-6-2)17(4)11-19)8-7-16(3)13-29-21-15-36-14-20(21)25(32)24(27(29)34)26(33)28-12-23(30)31/h5,7-11,17,22,32H,3,6,12-15H2,1-2,4H3,(H,28,33)(H,30,31)/b8-7-,18-5+. The normalized spacial score (nSPS) is 19.3. The van der Waals surface area contributed by atoms with Crippen molar-refractivity contribution in [3.63, 3.8) is 0 Å². The van der Waals surface area contributed by atoms with Gasteiger partial charge in [-0.15, -0.1) is 0 Å². The van der Waals surface area contributed by atoms with Gasteiger partial charge < -0.3 is 24.8 Å². The van der Waals surface area contributed by atoms with Crippen LogP contribution in [-0.4, -0.2) is 45.9 Å². The van der Waals surface area contributed by atoms with Gasteiger partial charge in [0.15, 0.2) is 0 Å². The molecular formula is C27H32N2O6S. The van der Waals surface area contributed by atoms with E-state index in [-0.39, 0.29) is 24.3 Å². The van der Waals surface area contributed by atoms with Crippen molar-refractivity contribution in [1.82, 2.24) is 9.88 Å².